The van der Waals surface area contributed by atoms with Crippen molar-refractivity contribution in [2.45, 2.75) is 13.8 Å². The molecule has 0 unspecified atom stereocenters. The Morgan fingerprint density at radius 1 is 0.525 bits per heavy atom. The van der Waals surface area contributed by atoms with Gasteiger partial charge in [-0.05, 0) is 96.8 Å². The topological polar surface area (TPSA) is 95.1 Å². The van der Waals surface area contributed by atoms with Crippen LogP contribution in [0.2, 0.25) is 0 Å². The Hall–Kier alpha value is -4.98. The molecular weight excluding hydrogens is 508 g/mol. The number of hydrogen-bond acceptors (Lipinski definition) is 6. The minimum absolute atomic E-state index is 0.221. The van der Waals surface area contributed by atoms with E-state index in [-0.39, 0.29) is 11.8 Å². The van der Waals surface area contributed by atoms with Crippen molar-refractivity contribution in [1.82, 2.24) is 0 Å². The molecule has 0 atom stereocenters. The van der Waals surface area contributed by atoms with E-state index in [2.05, 4.69) is 10.6 Å². The minimum Gasteiger partial charge on any atom is -0.486 e. The lowest BCUT2D eigenvalue weighted by atomic mass is 9.99. The van der Waals surface area contributed by atoms with Crippen LogP contribution in [-0.2, 0) is 0 Å². The maximum absolute atomic E-state index is 12.9. The second kappa shape index (κ2) is 10.6. The van der Waals surface area contributed by atoms with E-state index in [4.69, 9.17) is 18.9 Å². The highest BCUT2D eigenvalue weighted by atomic mass is 16.6. The van der Waals surface area contributed by atoms with Crippen molar-refractivity contribution in [3.05, 3.63) is 95.1 Å². The third kappa shape index (κ3) is 5.16. The maximum Gasteiger partial charge on any atom is 0.255 e. The summed E-state index contributed by atoms with van der Waals surface area (Å²) in [4.78, 5) is 25.8. The number of carbonyl (C=O) groups excluding carboxylic acids is 2. The van der Waals surface area contributed by atoms with Crippen LogP contribution in [0.1, 0.15) is 31.8 Å². The van der Waals surface area contributed by atoms with E-state index in [1.165, 1.54) is 0 Å². The largest absolute Gasteiger partial charge is 0.486 e. The molecule has 2 heterocycles. The molecule has 8 heteroatoms. The van der Waals surface area contributed by atoms with E-state index in [9.17, 15) is 9.59 Å². The van der Waals surface area contributed by atoms with Crippen molar-refractivity contribution in [3.8, 4) is 34.1 Å². The fourth-order valence-corrected chi connectivity index (χ4v) is 4.73. The highest BCUT2D eigenvalue weighted by molar-refractivity contribution is 6.06. The van der Waals surface area contributed by atoms with Gasteiger partial charge in [-0.15, -0.1) is 0 Å². The number of amides is 2. The first-order chi connectivity index (χ1) is 19.4. The van der Waals surface area contributed by atoms with E-state index < -0.39 is 0 Å². The van der Waals surface area contributed by atoms with Crippen molar-refractivity contribution in [3.63, 3.8) is 0 Å². The van der Waals surface area contributed by atoms with Gasteiger partial charge in [-0.2, -0.15) is 0 Å². The summed E-state index contributed by atoms with van der Waals surface area (Å²) in [6.07, 6.45) is 0. The van der Waals surface area contributed by atoms with Gasteiger partial charge >= 0.3 is 0 Å². The molecule has 0 aromatic heterocycles. The molecule has 2 aliphatic heterocycles. The fraction of sp³-hybridized carbons (Fsp3) is 0.188. The SMILES string of the molecule is Cc1cc(-c2ccc(NC(=O)c3ccc4c(c3)OCCO4)c(C)c2)ccc1NC(=O)c1ccc2c(c1)OCCO2. The van der Waals surface area contributed by atoms with Crippen molar-refractivity contribution in [2.75, 3.05) is 37.1 Å². The van der Waals surface area contributed by atoms with Gasteiger partial charge in [0.1, 0.15) is 26.4 Å². The zero-order chi connectivity index (χ0) is 27.6. The molecule has 0 saturated heterocycles. The summed E-state index contributed by atoms with van der Waals surface area (Å²) in [5, 5.41) is 5.98. The van der Waals surface area contributed by atoms with Gasteiger partial charge in [0.25, 0.3) is 11.8 Å². The summed E-state index contributed by atoms with van der Waals surface area (Å²) in [7, 11) is 0. The predicted octanol–water partition coefficient (Wildman–Crippen LogP) is 6.02. The standard InChI is InChI=1S/C32H28N2O6/c1-19-15-21(3-7-25(19)33-31(35)23-5-9-27-29(17-23)39-13-11-37-27)22-4-8-26(20(2)16-22)34-32(36)24-6-10-28-30(18-24)40-14-12-38-28/h3-10,15-18H,11-14H2,1-2H3,(H,33,35)(H,34,36). The van der Waals surface area contributed by atoms with Crippen LogP contribution in [0.4, 0.5) is 11.4 Å². The van der Waals surface area contributed by atoms with Gasteiger partial charge in [-0.3, -0.25) is 9.59 Å². The van der Waals surface area contributed by atoms with Gasteiger partial charge in [0.2, 0.25) is 0 Å². The van der Waals surface area contributed by atoms with Crippen molar-refractivity contribution >= 4 is 23.2 Å². The van der Waals surface area contributed by atoms with Gasteiger partial charge in [-0.25, -0.2) is 0 Å². The van der Waals surface area contributed by atoms with Crippen molar-refractivity contribution in [1.29, 1.82) is 0 Å². The van der Waals surface area contributed by atoms with E-state index in [0.717, 1.165) is 33.6 Å². The molecule has 8 nitrogen and oxygen atoms in total. The second-order valence-electron chi connectivity index (χ2n) is 9.68. The average molecular weight is 537 g/mol. The molecule has 0 fully saturated rings. The average Bonchev–Trinajstić information content (AvgIpc) is 2.98. The summed E-state index contributed by atoms with van der Waals surface area (Å²) >= 11 is 0. The van der Waals surface area contributed by atoms with E-state index in [1.807, 2.05) is 50.2 Å². The monoisotopic (exact) mass is 536 g/mol. The molecule has 2 N–H and O–H groups in total. The highest BCUT2D eigenvalue weighted by Crippen LogP contribution is 2.33. The van der Waals surface area contributed by atoms with E-state index in [1.54, 1.807) is 36.4 Å². The van der Waals surface area contributed by atoms with Gasteiger partial charge in [-0.1, -0.05) is 12.1 Å². The second-order valence-corrected chi connectivity index (χ2v) is 9.68. The Bertz CT molecular complexity index is 1510. The summed E-state index contributed by atoms with van der Waals surface area (Å²) in [6.45, 7) is 5.84. The van der Waals surface area contributed by atoms with Crippen LogP contribution in [0.5, 0.6) is 23.0 Å². The van der Waals surface area contributed by atoms with Crippen LogP contribution in [0.15, 0.2) is 72.8 Å². The molecule has 0 aliphatic carbocycles. The number of rotatable bonds is 5. The first-order valence-electron chi connectivity index (χ1n) is 13.1. The summed E-state index contributed by atoms with van der Waals surface area (Å²) in [5.74, 6) is 2.00. The van der Waals surface area contributed by atoms with Crippen LogP contribution >= 0.6 is 0 Å². The van der Waals surface area contributed by atoms with Crippen LogP contribution in [0.3, 0.4) is 0 Å². The number of anilines is 2. The zero-order valence-corrected chi connectivity index (χ0v) is 22.2. The molecule has 2 aliphatic rings. The Labute approximate surface area is 231 Å². The van der Waals surface area contributed by atoms with Gasteiger partial charge in [0, 0.05) is 22.5 Å². The molecule has 0 radical (unpaired) electrons. The van der Waals surface area contributed by atoms with Crippen LogP contribution < -0.4 is 29.6 Å². The molecule has 4 aromatic carbocycles. The van der Waals surface area contributed by atoms with Gasteiger partial charge in [0.05, 0.1) is 0 Å². The molecule has 0 spiro atoms. The first-order valence-corrected chi connectivity index (χ1v) is 13.1. The van der Waals surface area contributed by atoms with Crippen LogP contribution in [0.25, 0.3) is 11.1 Å². The van der Waals surface area contributed by atoms with E-state index >= 15 is 0 Å². The minimum atomic E-state index is -0.221. The molecule has 202 valence electrons. The molecule has 0 saturated carbocycles. The number of nitrogens with one attached hydrogen (secondary N) is 2. The summed E-state index contributed by atoms with van der Waals surface area (Å²) in [6, 6.07) is 22.1. The third-order valence-corrected chi connectivity index (χ3v) is 6.89. The molecular formula is C32H28N2O6. The Balaban J connectivity index is 1.14. The number of hydrogen-bond donors (Lipinski definition) is 2. The highest BCUT2D eigenvalue weighted by Gasteiger charge is 2.17. The van der Waals surface area contributed by atoms with Gasteiger partial charge in [0.15, 0.2) is 23.0 Å². The lowest BCUT2D eigenvalue weighted by molar-refractivity contribution is 0.101. The normalized spacial score (nSPS) is 13.3. The lowest BCUT2D eigenvalue weighted by Gasteiger charge is -2.19. The first kappa shape index (κ1) is 25.3. The Morgan fingerprint density at radius 2 is 0.925 bits per heavy atom. The Morgan fingerprint density at radius 3 is 1.32 bits per heavy atom. The lowest BCUT2D eigenvalue weighted by Crippen LogP contribution is -2.17. The predicted molar refractivity (Wildman–Crippen MR) is 152 cm³/mol. The number of ether oxygens (including phenoxy) is 4. The third-order valence-electron chi connectivity index (χ3n) is 6.89. The maximum atomic E-state index is 12.9. The van der Waals surface area contributed by atoms with Crippen LogP contribution in [-0.4, -0.2) is 38.2 Å². The number of benzene rings is 4. The van der Waals surface area contributed by atoms with Crippen LogP contribution in [0, 0.1) is 13.8 Å². The van der Waals surface area contributed by atoms with E-state index in [0.29, 0.717) is 60.6 Å². The number of aryl methyl sites for hydroxylation is 2. The summed E-state index contributed by atoms with van der Waals surface area (Å²) in [5.41, 5.74) is 6.31. The molecule has 6 rings (SSSR count). The van der Waals surface area contributed by atoms with Crippen molar-refractivity contribution < 1.29 is 28.5 Å². The number of carbonyl (C=O) groups is 2. The molecule has 2 amide bonds. The molecule has 0 bridgehead atoms. The Kier molecular flexibility index (Phi) is 6.74. The number of fused-ring (bicyclic) bond motifs is 2. The summed E-state index contributed by atoms with van der Waals surface area (Å²) < 4.78 is 22.3. The quantitative estimate of drug-likeness (QED) is 0.324. The fourth-order valence-electron chi connectivity index (χ4n) is 4.73. The molecule has 4 aromatic rings. The smallest absolute Gasteiger partial charge is 0.255 e. The zero-order valence-electron chi connectivity index (χ0n) is 22.2. The van der Waals surface area contributed by atoms with Gasteiger partial charge < -0.3 is 29.6 Å². The van der Waals surface area contributed by atoms with Crippen molar-refractivity contribution in [2.24, 2.45) is 0 Å². The molecule has 40 heavy (non-hydrogen) atoms.